The molecule has 0 fully saturated rings. The topological polar surface area (TPSA) is 37.8 Å². The van der Waals surface area contributed by atoms with E-state index in [4.69, 9.17) is 0 Å². The lowest BCUT2D eigenvalue weighted by atomic mass is 10.1. The summed E-state index contributed by atoms with van der Waals surface area (Å²) in [5.74, 6) is 0. The van der Waals surface area contributed by atoms with Gasteiger partial charge in [-0.3, -0.25) is 0 Å². The van der Waals surface area contributed by atoms with Crippen molar-refractivity contribution in [2.45, 2.75) is 12.8 Å². The van der Waals surface area contributed by atoms with E-state index >= 15 is 0 Å². The highest BCUT2D eigenvalue weighted by Gasteiger charge is 2.02. The van der Waals surface area contributed by atoms with Gasteiger partial charge in [0.25, 0.3) is 0 Å². The van der Waals surface area contributed by atoms with Crippen LogP contribution in [0.5, 0.6) is 0 Å². The number of benzene rings is 1. The van der Waals surface area contributed by atoms with E-state index in [1.54, 1.807) is 11.3 Å². The zero-order chi connectivity index (χ0) is 10.5. The first-order valence-corrected chi connectivity index (χ1v) is 5.74. The molecule has 1 N–H and O–H groups in total. The van der Waals surface area contributed by atoms with Gasteiger partial charge in [0.1, 0.15) is 5.01 Å². The zero-order valence-electron chi connectivity index (χ0n) is 8.60. The van der Waals surface area contributed by atoms with Crippen molar-refractivity contribution < 1.29 is 0 Å². The highest BCUT2D eigenvalue weighted by atomic mass is 32.1. The van der Waals surface area contributed by atoms with Crippen molar-refractivity contribution in [3.63, 3.8) is 0 Å². The lowest BCUT2D eigenvalue weighted by molar-refractivity contribution is 0.905. The van der Waals surface area contributed by atoms with Gasteiger partial charge >= 0.3 is 0 Å². The number of anilines is 1. The highest BCUT2D eigenvalue weighted by Crippen LogP contribution is 2.16. The molecule has 4 heteroatoms. The highest BCUT2D eigenvalue weighted by molar-refractivity contribution is 7.15. The van der Waals surface area contributed by atoms with Gasteiger partial charge in [-0.25, -0.2) is 0 Å². The normalized spacial score (nSPS) is 10.2. The number of aromatic nitrogens is 2. The summed E-state index contributed by atoms with van der Waals surface area (Å²) < 4.78 is 0. The summed E-state index contributed by atoms with van der Waals surface area (Å²) in [6, 6.07) is 10.4. The molecule has 3 nitrogen and oxygen atoms in total. The number of hydrogen-bond donors (Lipinski definition) is 1. The molecule has 2 aromatic rings. The second-order valence-electron chi connectivity index (χ2n) is 3.24. The molecule has 0 bridgehead atoms. The van der Waals surface area contributed by atoms with Gasteiger partial charge in [-0.1, -0.05) is 41.7 Å². The van der Waals surface area contributed by atoms with Crippen LogP contribution in [0.3, 0.4) is 0 Å². The maximum absolute atomic E-state index is 4.11. The van der Waals surface area contributed by atoms with Crippen LogP contribution < -0.4 is 5.32 Å². The minimum atomic E-state index is 0.887. The van der Waals surface area contributed by atoms with E-state index in [9.17, 15) is 0 Å². The predicted octanol–water partition coefficient (Wildman–Crippen LogP) is 2.37. The van der Waals surface area contributed by atoms with Gasteiger partial charge < -0.3 is 5.32 Å². The fourth-order valence-corrected chi connectivity index (χ4v) is 2.04. The second kappa shape index (κ2) is 4.89. The Balaban J connectivity index is 1.93. The van der Waals surface area contributed by atoms with Gasteiger partial charge in [-0.15, -0.1) is 10.2 Å². The Morgan fingerprint density at radius 1 is 1.13 bits per heavy atom. The quantitative estimate of drug-likeness (QED) is 0.857. The molecular formula is C11H13N3S. The summed E-state index contributed by atoms with van der Waals surface area (Å²) in [7, 11) is 1.86. The molecule has 0 amide bonds. The Morgan fingerprint density at radius 2 is 1.93 bits per heavy atom. The average molecular weight is 219 g/mol. The monoisotopic (exact) mass is 219 g/mol. The van der Waals surface area contributed by atoms with Gasteiger partial charge in [0.15, 0.2) is 0 Å². The molecule has 1 aromatic heterocycles. The molecular weight excluding hydrogens is 206 g/mol. The van der Waals surface area contributed by atoms with Crippen LogP contribution in [0.1, 0.15) is 10.6 Å². The lowest BCUT2D eigenvalue weighted by Crippen LogP contribution is -1.89. The first kappa shape index (κ1) is 10.1. The van der Waals surface area contributed by atoms with E-state index < -0.39 is 0 Å². The Kier molecular flexibility index (Phi) is 3.29. The van der Waals surface area contributed by atoms with Crippen LogP contribution in [-0.4, -0.2) is 17.2 Å². The van der Waals surface area contributed by atoms with Crippen molar-refractivity contribution in [2.24, 2.45) is 0 Å². The molecule has 78 valence electrons. The smallest absolute Gasteiger partial charge is 0.205 e. The van der Waals surface area contributed by atoms with Crippen LogP contribution in [-0.2, 0) is 12.8 Å². The standard InChI is InChI=1S/C11H13N3S/c1-12-11-14-13-10(15-11)8-7-9-5-3-2-4-6-9/h2-6H,7-8H2,1H3,(H,12,14). The van der Waals surface area contributed by atoms with Gasteiger partial charge in [-0.05, 0) is 12.0 Å². The van der Waals surface area contributed by atoms with E-state index in [-0.39, 0.29) is 0 Å². The van der Waals surface area contributed by atoms with Crippen LogP contribution >= 0.6 is 11.3 Å². The maximum atomic E-state index is 4.11. The van der Waals surface area contributed by atoms with Crippen molar-refractivity contribution in [1.82, 2.24) is 10.2 Å². The summed E-state index contributed by atoms with van der Waals surface area (Å²) in [5, 5.41) is 13.1. The fourth-order valence-electron chi connectivity index (χ4n) is 1.35. The first-order chi connectivity index (χ1) is 7.38. The van der Waals surface area contributed by atoms with E-state index in [1.807, 2.05) is 13.1 Å². The van der Waals surface area contributed by atoms with Crippen LogP contribution in [0, 0.1) is 0 Å². The minimum Gasteiger partial charge on any atom is -0.363 e. The van der Waals surface area contributed by atoms with E-state index in [1.165, 1.54) is 5.56 Å². The molecule has 0 aliphatic heterocycles. The van der Waals surface area contributed by atoms with Crippen molar-refractivity contribution in [1.29, 1.82) is 0 Å². The van der Waals surface area contributed by atoms with E-state index in [0.29, 0.717) is 0 Å². The Labute approximate surface area is 93.2 Å². The largest absolute Gasteiger partial charge is 0.363 e. The molecule has 0 aliphatic carbocycles. The van der Waals surface area contributed by atoms with Crippen molar-refractivity contribution in [3.8, 4) is 0 Å². The molecule has 0 atom stereocenters. The summed E-state index contributed by atoms with van der Waals surface area (Å²) in [6.07, 6.45) is 1.99. The van der Waals surface area contributed by atoms with E-state index in [0.717, 1.165) is 23.0 Å². The Hall–Kier alpha value is -1.42. The molecule has 0 saturated heterocycles. The summed E-state index contributed by atoms with van der Waals surface area (Å²) in [6.45, 7) is 0. The molecule has 0 saturated carbocycles. The number of nitrogens with zero attached hydrogens (tertiary/aromatic N) is 2. The number of nitrogens with one attached hydrogen (secondary N) is 1. The summed E-state index contributed by atoms with van der Waals surface area (Å²) >= 11 is 1.62. The van der Waals surface area contributed by atoms with Gasteiger partial charge in [-0.2, -0.15) is 0 Å². The summed E-state index contributed by atoms with van der Waals surface area (Å²) in [5.41, 5.74) is 1.35. The average Bonchev–Trinajstić information content (AvgIpc) is 2.76. The van der Waals surface area contributed by atoms with E-state index in [2.05, 4.69) is 39.8 Å². The maximum Gasteiger partial charge on any atom is 0.205 e. The number of rotatable bonds is 4. The van der Waals surface area contributed by atoms with Crippen LogP contribution in [0.25, 0.3) is 0 Å². The Bertz CT molecular complexity index is 411. The molecule has 2 rings (SSSR count). The lowest BCUT2D eigenvalue weighted by Gasteiger charge is -1.96. The number of aryl methyl sites for hydroxylation is 2. The predicted molar refractivity (Wildman–Crippen MR) is 63.3 cm³/mol. The molecule has 0 aliphatic rings. The van der Waals surface area contributed by atoms with Gasteiger partial charge in [0.2, 0.25) is 5.13 Å². The number of hydrogen-bond acceptors (Lipinski definition) is 4. The van der Waals surface area contributed by atoms with Gasteiger partial charge in [0.05, 0.1) is 0 Å². The van der Waals surface area contributed by atoms with Crippen LogP contribution in [0.4, 0.5) is 5.13 Å². The van der Waals surface area contributed by atoms with Crippen LogP contribution in [0.2, 0.25) is 0 Å². The fraction of sp³-hybridized carbons (Fsp3) is 0.273. The first-order valence-electron chi connectivity index (χ1n) is 4.92. The Morgan fingerprint density at radius 3 is 2.60 bits per heavy atom. The SMILES string of the molecule is CNc1nnc(CCc2ccccc2)s1. The molecule has 15 heavy (non-hydrogen) atoms. The summed E-state index contributed by atoms with van der Waals surface area (Å²) in [4.78, 5) is 0. The van der Waals surface area contributed by atoms with Gasteiger partial charge in [0, 0.05) is 13.5 Å². The molecule has 0 spiro atoms. The van der Waals surface area contributed by atoms with Crippen molar-refractivity contribution in [2.75, 3.05) is 12.4 Å². The zero-order valence-corrected chi connectivity index (χ0v) is 9.42. The van der Waals surface area contributed by atoms with Crippen molar-refractivity contribution >= 4 is 16.5 Å². The molecule has 1 aromatic carbocycles. The molecule has 0 radical (unpaired) electrons. The molecule has 0 unspecified atom stereocenters. The molecule has 1 heterocycles. The second-order valence-corrected chi connectivity index (χ2v) is 4.30. The minimum absolute atomic E-state index is 0.887. The van der Waals surface area contributed by atoms with Crippen LogP contribution in [0.15, 0.2) is 30.3 Å². The van der Waals surface area contributed by atoms with Crippen molar-refractivity contribution in [3.05, 3.63) is 40.9 Å². The third-order valence-corrected chi connectivity index (χ3v) is 3.15. The third kappa shape index (κ3) is 2.76. The third-order valence-electron chi connectivity index (χ3n) is 2.15.